The number of halogens is 1. The number of hydrogen-bond donors (Lipinski definition) is 2. The van der Waals surface area contributed by atoms with Crippen molar-refractivity contribution in [1.82, 2.24) is 5.32 Å². The number of rotatable bonds is 2. The van der Waals surface area contributed by atoms with Crippen LogP contribution in [-0.4, -0.2) is 24.2 Å². The summed E-state index contributed by atoms with van der Waals surface area (Å²) in [6.45, 7) is 1.78. The minimum absolute atomic E-state index is 0.104. The van der Waals surface area contributed by atoms with Gasteiger partial charge in [-0.3, -0.25) is 0 Å². The normalized spacial score (nSPS) is 17.3. The summed E-state index contributed by atoms with van der Waals surface area (Å²) in [5.41, 5.74) is 0.863. The van der Waals surface area contributed by atoms with Gasteiger partial charge in [-0.25, -0.2) is 9.18 Å². The van der Waals surface area contributed by atoms with Gasteiger partial charge in [0.25, 0.3) is 0 Å². The van der Waals surface area contributed by atoms with Crippen LogP contribution in [0.5, 0.6) is 0 Å². The van der Waals surface area contributed by atoms with Gasteiger partial charge < -0.3 is 10.4 Å². The standard InChI is InChI=1S/C12H14FNO2/c13-9-1-2-10(11(7-9)12(15)16)8-3-5-14-6-4-8/h1-2,7-8,14H,3-6H2,(H,15,16). The lowest BCUT2D eigenvalue weighted by Crippen LogP contribution is -2.27. The Bertz CT molecular complexity index is 400. The second-order valence-electron chi connectivity index (χ2n) is 4.06. The van der Waals surface area contributed by atoms with Crippen LogP contribution < -0.4 is 5.32 Å². The van der Waals surface area contributed by atoms with Crippen LogP contribution >= 0.6 is 0 Å². The molecule has 0 aromatic heterocycles. The van der Waals surface area contributed by atoms with Gasteiger partial charge in [-0.2, -0.15) is 0 Å². The summed E-state index contributed by atoms with van der Waals surface area (Å²) in [7, 11) is 0. The number of nitrogens with one attached hydrogen (secondary N) is 1. The molecule has 0 bridgehead atoms. The van der Waals surface area contributed by atoms with Crippen LogP contribution in [0.15, 0.2) is 18.2 Å². The van der Waals surface area contributed by atoms with Crippen LogP contribution in [0.2, 0.25) is 0 Å². The second-order valence-corrected chi connectivity index (χ2v) is 4.06. The molecule has 0 saturated carbocycles. The van der Waals surface area contributed by atoms with Gasteiger partial charge in [0.2, 0.25) is 0 Å². The Labute approximate surface area is 93.3 Å². The van der Waals surface area contributed by atoms with Crippen LogP contribution in [0.1, 0.15) is 34.7 Å². The molecule has 1 heterocycles. The molecule has 2 rings (SSSR count). The molecule has 0 spiro atoms. The van der Waals surface area contributed by atoms with E-state index in [9.17, 15) is 9.18 Å². The highest BCUT2D eigenvalue weighted by atomic mass is 19.1. The van der Waals surface area contributed by atoms with Gasteiger partial charge in [0, 0.05) is 0 Å². The third-order valence-electron chi connectivity index (χ3n) is 3.02. The zero-order valence-corrected chi connectivity index (χ0v) is 8.87. The van der Waals surface area contributed by atoms with Gasteiger partial charge in [0.15, 0.2) is 0 Å². The fourth-order valence-electron chi connectivity index (χ4n) is 2.20. The van der Waals surface area contributed by atoms with E-state index in [1.807, 2.05) is 0 Å². The van der Waals surface area contributed by atoms with E-state index in [4.69, 9.17) is 5.11 Å². The van der Waals surface area contributed by atoms with Crippen LogP contribution in [-0.2, 0) is 0 Å². The van der Waals surface area contributed by atoms with Gasteiger partial charge in [-0.05, 0) is 49.5 Å². The van der Waals surface area contributed by atoms with Crippen LogP contribution in [0.25, 0.3) is 0 Å². The molecule has 0 unspecified atom stereocenters. The lowest BCUT2D eigenvalue weighted by atomic mass is 9.87. The van der Waals surface area contributed by atoms with E-state index in [1.165, 1.54) is 6.07 Å². The Morgan fingerprint density at radius 1 is 1.38 bits per heavy atom. The summed E-state index contributed by atoms with van der Waals surface area (Å²) in [5, 5.41) is 12.3. The van der Waals surface area contributed by atoms with Crippen LogP contribution in [0.4, 0.5) is 4.39 Å². The Balaban J connectivity index is 2.34. The number of benzene rings is 1. The molecule has 16 heavy (non-hydrogen) atoms. The lowest BCUT2D eigenvalue weighted by molar-refractivity contribution is 0.0694. The molecule has 4 heteroatoms. The van der Waals surface area contributed by atoms with Crippen molar-refractivity contribution in [2.24, 2.45) is 0 Å². The summed E-state index contributed by atoms with van der Waals surface area (Å²) in [6.07, 6.45) is 1.82. The van der Waals surface area contributed by atoms with Gasteiger partial charge in [-0.15, -0.1) is 0 Å². The molecule has 0 amide bonds. The van der Waals surface area contributed by atoms with Crippen molar-refractivity contribution in [2.45, 2.75) is 18.8 Å². The third kappa shape index (κ3) is 2.22. The molecule has 3 nitrogen and oxygen atoms in total. The van der Waals surface area contributed by atoms with E-state index in [1.54, 1.807) is 6.07 Å². The highest BCUT2D eigenvalue weighted by molar-refractivity contribution is 5.89. The van der Waals surface area contributed by atoms with E-state index in [-0.39, 0.29) is 11.5 Å². The monoisotopic (exact) mass is 223 g/mol. The Kier molecular flexibility index (Phi) is 3.19. The number of carboxylic acids is 1. The molecule has 1 saturated heterocycles. The molecule has 1 fully saturated rings. The predicted octanol–water partition coefficient (Wildman–Crippen LogP) is 1.99. The van der Waals surface area contributed by atoms with Crippen molar-refractivity contribution in [3.63, 3.8) is 0 Å². The van der Waals surface area contributed by atoms with Crippen LogP contribution in [0.3, 0.4) is 0 Å². The maximum atomic E-state index is 13.0. The number of carbonyl (C=O) groups is 1. The smallest absolute Gasteiger partial charge is 0.336 e. The molecular formula is C12H14FNO2. The fourth-order valence-corrected chi connectivity index (χ4v) is 2.20. The maximum absolute atomic E-state index is 13.0. The van der Waals surface area contributed by atoms with Crippen molar-refractivity contribution >= 4 is 5.97 Å². The minimum Gasteiger partial charge on any atom is -0.478 e. The molecule has 0 aliphatic carbocycles. The van der Waals surface area contributed by atoms with E-state index in [2.05, 4.69) is 5.32 Å². The molecule has 1 aromatic carbocycles. The highest BCUT2D eigenvalue weighted by Gasteiger charge is 2.21. The first-order valence-corrected chi connectivity index (χ1v) is 5.42. The Hall–Kier alpha value is -1.42. The topological polar surface area (TPSA) is 49.3 Å². The third-order valence-corrected chi connectivity index (χ3v) is 3.02. The quantitative estimate of drug-likeness (QED) is 0.806. The lowest BCUT2D eigenvalue weighted by Gasteiger charge is -2.24. The zero-order valence-electron chi connectivity index (χ0n) is 8.87. The Morgan fingerprint density at radius 3 is 2.69 bits per heavy atom. The first kappa shape index (κ1) is 11.1. The van der Waals surface area contributed by atoms with E-state index >= 15 is 0 Å². The van der Waals surface area contributed by atoms with Crippen molar-refractivity contribution < 1.29 is 14.3 Å². The van der Waals surface area contributed by atoms with Crippen molar-refractivity contribution in [2.75, 3.05) is 13.1 Å². The fraction of sp³-hybridized carbons (Fsp3) is 0.417. The first-order valence-electron chi connectivity index (χ1n) is 5.42. The van der Waals surface area contributed by atoms with Crippen molar-refractivity contribution in [3.8, 4) is 0 Å². The molecule has 86 valence electrons. The molecular weight excluding hydrogens is 209 g/mol. The van der Waals surface area contributed by atoms with Crippen molar-refractivity contribution in [3.05, 3.63) is 35.1 Å². The van der Waals surface area contributed by atoms with Gasteiger partial charge in [0.05, 0.1) is 5.56 Å². The molecule has 1 aromatic rings. The van der Waals surface area contributed by atoms with Gasteiger partial charge >= 0.3 is 5.97 Å². The van der Waals surface area contributed by atoms with Crippen LogP contribution in [0, 0.1) is 5.82 Å². The number of piperidine rings is 1. The van der Waals surface area contributed by atoms with E-state index in [0.717, 1.165) is 37.6 Å². The minimum atomic E-state index is -1.05. The molecule has 0 radical (unpaired) electrons. The molecule has 1 aliphatic heterocycles. The largest absolute Gasteiger partial charge is 0.478 e. The SMILES string of the molecule is O=C(O)c1cc(F)ccc1C1CCNCC1. The summed E-state index contributed by atoms with van der Waals surface area (Å²) < 4.78 is 13.0. The molecule has 2 N–H and O–H groups in total. The summed E-state index contributed by atoms with van der Waals surface area (Å²) in [5.74, 6) is -1.31. The summed E-state index contributed by atoms with van der Waals surface area (Å²) in [6, 6.07) is 4.05. The molecule has 0 atom stereocenters. The number of hydrogen-bond acceptors (Lipinski definition) is 2. The average Bonchev–Trinajstić information content (AvgIpc) is 2.30. The Morgan fingerprint density at radius 2 is 2.06 bits per heavy atom. The average molecular weight is 223 g/mol. The van der Waals surface area contributed by atoms with E-state index < -0.39 is 11.8 Å². The number of carboxylic acid groups (broad SMARTS) is 1. The van der Waals surface area contributed by atoms with E-state index in [0.29, 0.717) is 0 Å². The number of aromatic carboxylic acids is 1. The molecule has 1 aliphatic rings. The summed E-state index contributed by atoms with van der Waals surface area (Å²) in [4.78, 5) is 11.0. The first-order chi connectivity index (χ1) is 7.68. The van der Waals surface area contributed by atoms with Gasteiger partial charge in [0.1, 0.15) is 5.82 Å². The summed E-state index contributed by atoms with van der Waals surface area (Å²) >= 11 is 0. The maximum Gasteiger partial charge on any atom is 0.336 e. The highest BCUT2D eigenvalue weighted by Crippen LogP contribution is 2.28. The van der Waals surface area contributed by atoms with Gasteiger partial charge in [-0.1, -0.05) is 6.07 Å². The predicted molar refractivity (Wildman–Crippen MR) is 58.2 cm³/mol. The second kappa shape index (κ2) is 4.61. The van der Waals surface area contributed by atoms with Crippen molar-refractivity contribution in [1.29, 1.82) is 0 Å². The zero-order chi connectivity index (χ0) is 11.5.